The van der Waals surface area contributed by atoms with Gasteiger partial charge in [0.25, 0.3) is 0 Å². The lowest BCUT2D eigenvalue weighted by Crippen LogP contribution is -1.96. The Balaban J connectivity index is 1.91. The Bertz CT molecular complexity index is 844. The van der Waals surface area contributed by atoms with E-state index < -0.39 is 0 Å². The van der Waals surface area contributed by atoms with Crippen LogP contribution >= 0.6 is 0 Å². The van der Waals surface area contributed by atoms with Gasteiger partial charge in [-0.25, -0.2) is 29.9 Å². The van der Waals surface area contributed by atoms with Crippen LogP contribution in [0.1, 0.15) is 0 Å². The van der Waals surface area contributed by atoms with Gasteiger partial charge >= 0.3 is 0 Å². The fourth-order valence-electron chi connectivity index (χ4n) is 1.95. The van der Waals surface area contributed by atoms with Crippen molar-refractivity contribution < 1.29 is 0 Å². The Kier molecular flexibility index (Phi) is 2.32. The second-order valence-corrected chi connectivity index (χ2v) is 4.21. The number of rotatable bonds is 1. The molecule has 0 N–H and O–H groups in total. The van der Waals surface area contributed by atoms with Crippen molar-refractivity contribution in [3.63, 3.8) is 0 Å². The molecule has 0 aliphatic rings. The minimum atomic E-state index is 0.509. The summed E-state index contributed by atoms with van der Waals surface area (Å²) < 4.78 is 0. The second kappa shape index (κ2) is 4.27. The van der Waals surface area contributed by atoms with Crippen LogP contribution in [-0.4, -0.2) is 29.9 Å². The molecule has 94 valence electrons. The first-order valence-electron chi connectivity index (χ1n) is 6.06. The molecule has 0 unspecified atom stereocenters. The summed E-state index contributed by atoms with van der Waals surface area (Å²) in [5.74, 6) is 0.509. The summed E-state index contributed by atoms with van der Waals surface area (Å²) in [6.07, 6.45) is 6.75. The van der Waals surface area contributed by atoms with Crippen LogP contribution in [-0.2, 0) is 0 Å². The minimum absolute atomic E-state index is 0.509. The molecular formula is C14H8N6. The molecule has 0 bridgehead atoms. The predicted octanol–water partition coefficient (Wildman–Crippen LogP) is 2.03. The summed E-state index contributed by atoms with van der Waals surface area (Å²) in [5.41, 5.74) is 2.58. The van der Waals surface area contributed by atoms with E-state index in [4.69, 9.17) is 0 Å². The van der Waals surface area contributed by atoms with Gasteiger partial charge in [-0.05, 0) is 24.3 Å². The number of hydrogen-bond acceptors (Lipinski definition) is 6. The molecule has 0 radical (unpaired) electrons. The molecule has 4 aromatic heterocycles. The molecule has 4 rings (SSSR count). The first kappa shape index (κ1) is 10.9. The normalized spacial score (nSPS) is 11.0. The van der Waals surface area contributed by atoms with Crippen molar-refractivity contribution in [3.05, 3.63) is 49.1 Å². The van der Waals surface area contributed by atoms with Crippen LogP contribution in [0.25, 0.3) is 33.7 Å². The molecule has 0 aliphatic heterocycles. The molecule has 0 atom stereocenters. The summed E-state index contributed by atoms with van der Waals surface area (Å²) in [5, 5.41) is 0.895. The first-order chi connectivity index (χ1) is 9.90. The van der Waals surface area contributed by atoms with E-state index in [-0.39, 0.29) is 0 Å². The van der Waals surface area contributed by atoms with Crippen molar-refractivity contribution in [3.8, 4) is 11.5 Å². The van der Waals surface area contributed by atoms with Crippen LogP contribution in [0.2, 0.25) is 0 Å². The highest BCUT2D eigenvalue weighted by Gasteiger charge is 2.07. The zero-order valence-electron chi connectivity index (χ0n) is 10.3. The molecule has 0 fully saturated rings. The Morgan fingerprint density at radius 3 is 2.50 bits per heavy atom. The van der Waals surface area contributed by atoms with Gasteiger partial charge in [-0.1, -0.05) is 0 Å². The van der Waals surface area contributed by atoms with E-state index in [9.17, 15) is 0 Å². The molecule has 6 heteroatoms. The van der Waals surface area contributed by atoms with Crippen molar-refractivity contribution in [1.82, 2.24) is 29.9 Å². The van der Waals surface area contributed by atoms with Crippen LogP contribution in [0.3, 0.4) is 0 Å². The number of nitrogens with zero attached hydrogens (tertiary/aromatic N) is 6. The zero-order valence-corrected chi connectivity index (χ0v) is 10.3. The Morgan fingerprint density at radius 2 is 1.55 bits per heavy atom. The van der Waals surface area contributed by atoms with Gasteiger partial charge in [0.1, 0.15) is 11.2 Å². The van der Waals surface area contributed by atoms with Crippen molar-refractivity contribution in [2.45, 2.75) is 0 Å². The van der Waals surface area contributed by atoms with E-state index in [2.05, 4.69) is 29.9 Å². The maximum absolute atomic E-state index is 4.47. The van der Waals surface area contributed by atoms with E-state index in [1.807, 2.05) is 24.3 Å². The SMILES string of the molecule is c1cnc2nc(-c3cnc4ncccc4n3)ncc2c1. The van der Waals surface area contributed by atoms with E-state index in [0.29, 0.717) is 22.8 Å². The molecular weight excluding hydrogens is 252 g/mol. The number of aromatic nitrogens is 6. The average molecular weight is 260 g/mol. The summed E-state index contributed by atoms with van der Waals surface area (Å²) >= 11 is 0. The standard InChI is InChI=1S/C14H8N6/c1-3-9-7-17-14(20-12(9)15-5-1)11-8-18-13-10(19-11)4-2-6-16-13/h1-8H. The molecule has 4 aromatic rings. The van der Waals surface area contributed by atoms with Crippen LogP contribution in [0.15, 0.2) is 49.1 Å². The highest BCUT2D eigenvalue weighted by atomic mass is 15.0. The van der Waals surface area contributed by atoms with Crippen LogP contribution in [0.5, 0.6) is 0 Å². The van der Waals surface area contributed by atoms with Crippen molar-refractivity contribution in [2.75, 3.05) is 0 Å². The smallest absolute Gasteiger partial charge is 0.181 e. The lowest BCUT2D eigenvalue weighted by molar-refractivity contribution is 1.14. The number of fused-ring (bicyclic) bond motifs is 2. The number of hydrogen-bond donors (Lipinski definition) is 0. The lowest BCUT2D eigenvalue weighted by atomic mass is 10.3. The van der Waals surface area contributed by atoms with Gasteiger partial charge in [0.05, 0.1) is 6.20 Å². The second-order valence-electron chi connectivity index (χ2n) is 4.21. The van der Waals surface area contributed by atoms with Crippen molar-refractivity contribution in [2.24, 2.45) is 0 Å². The average Bonchev–Trinajstić information content (AvgIpc) is 2.54. The maximum atomic E-state index is 4.47. The van der Waals surface area contributed by atoms with E-state index in [0.717, 1.165) is 10.9 Å². The van der Waals surface area contributed by atoms with Crippen molar-refractivity contribution >= 4 is 22.2 Å². The van der Waals surface area contributed by atoms with Gasteiger partial charge in [0.15, 0.2) is 17.1 Å². The van der Waals surface area contributed by atoms with Gasteiger partial charge in [0.2, 0.25) is 0 Å². The third kappa shape index (κ3) is 1.74. The molecule has 4 heterocycles. The molecule has 0 saturated heterocycles. The third-order valence-corrected chi connectivity index (χ3v) is 2.90. The van der Waals surface area contributed by atoms with Crippen LogP contribution in [0.4, 0.5) is 0 Å². The van der Waals surface area contributed by atoms with E-state index in [1.165, 1.54) is 0 Å². The highest BCUT2D eigenvalue weighted by molar-refractivity contribution is 5.76. The Labute approximate surface area is 113 Å². The van der Waals surface area contributed by atoms with Gasteiger partial charge in [-0.3, -0.25) is 0 Å². The molecule has 0 saturated carbocycles. The van der Waals surface area contributed by atoms with Gasteiger partial charge in [0, 0.05) is 24.0 Å². The molecule has 0 aromatic carbocycles. The zero-order chi connectivity index (χ0) is 13.4. The summed E-state index contributed by atoms with van der Waals surface area (Å²) in [6, 6.07) is 7.46. The minimum Gasteiger partial charge on any atom is -0.239 e. The molecule has 6 nitrogen and oxygen atoms in total. The number of pyridine rings is 2. The Hall–Kier alpha value is -3.02. The Morgan fingerprint density at radius 1 is 0.700 bits per heavy atom. The lowest BCUT2D eigenvalue weighted by Gasteiger charge is -2.01. The van der Waals surface area contributed by atoms with E-state index in [1.54, 1.807) is 24.8 Å². The van der Waals surface area contributed by atoms with Crippen molar-refractivity contribution in [1.29, 1.82) is 0 Å². The highest BCUT2D eigenvalue weighted by Crippen LogP contribution is 2.16. The fraction of sp³-hybridized carbons (Fsp3) is 0. The van der Waals surface area contributed by atoms with Gasteiger partial charge in [-0.15, -0.1) is 0 Å². The van der Waals surface area contributed by atoms with Crippen LogP contribution in [0, 0.1) is 0 Å². The monoisotopic (exact) mass is 260 g/mol. The van der Waals surface area contributed by atoms with Gasteiger partial charge in [-0.2, -0.15) is 0 Å². The molecule has 0 amide bonds. The molecule has 20 heavy (non-hydrogen) atoms. The topological polar surface area (TPSA) is 77.3 Å². The van der Waals surface area contributed by atoms with E-state index >= 15 is 0 Å². The first-order valence-corrected chi connectivity index (χ1v) is 6.06. The third-order valence-electron chi connectivity index (χ3n) is 2.90. The quantitative estimate of drug-likeness (QED) is 0.521. The summed E-state index contributed by atoms with van der Waals surface area (Å²) in [6.45, 7) is 0. The summed E-state index contributed by atoms with van der Waals surface area (Å²) in [4.78, 5) is 25.8. The van der Waals surface area contributed by atoms with Crippen LogP contribution < -0.4 is 0 Å². The fourth-order valence-corrected chi connectivity index (χ4v) is 1.95. The largest absolute Gasteiger partial charge is 0.239 e. The summed E-state index contributed by atoms with van der Waals surface area (Å²) in [7, 11) is 0. The van der Waals surface area contributed by atoms with Gasteiger partial charge < -0.3 is 0 Å². The maximum Gasteiger partial charge on any atom is 0.181 e. The predicted molar refractivity (Wildman–Crippen MR) is 73.7 cm³/mol. The molecule has 0 spiro atoms. The molecule has 0 aliphatic carbocycles.